The largest absolute Gasteiger partial charge is 0.480 e. The molecule has 0 unspecified atom stereocenters. The number of carbonyl (C=O) groups is 3. The Kier molecular flexibility index (Phi) is 6.69. The monoisotopic (exact) mass is 444 g/mol. The smallest absolute Gasteiger partial charge is 0.326 e. The van der Waals surface area contributed by atoms with Crippen molar-refractivity contribution in [3.05, 3.63) is 96.1 Å². The molecule has 0 saturated carbocycles. The molecule has 0 bridgehead atoms. The van der Waals surface area contributed by atoms with E-state index in [-0.39, 0.29) is 12.5 Å². The Hall–Kier alpha value is -4.13. The number of hydrogen-bond acceptors (Lipinski definition) is 4. The Balaban J connectivity index is 1.34. The molecule has 1 aliphatic rings. The standard InChI is InChI=1S/C26H24N2O5/c29-24(28-17-20(15-23(28)26(31)32)18-7-3-1-4-8-18)16-27-25(30)19-11-13-22(14-12-19)33-21-9-5-2-6-10-21/h1-14,20,23H,15-17H2,(H,27,30)(H,31,32)/t20-,23+/m1/s1. The van der Waals surface area contributed by atoms with E-state index < -0.39 is 23.8 Å². The molecule has 7 heteroatoms. The summed E-state index contributed by atoms with van der Waals surface area (Å²) in [5.41, 5.74) is 1.38. The first-order valence-corrected chi connectivity index (χ1v) is 10.7. The zero-order valence-corrected chi connectivity index (χ0v) is 17.9. The van der Waals surface area contributed by atoms with Crippen molar-refractivity contribution >= 4 is 17.8 Å². The molecule has 4 rings (SSSR count). The van der Waals surface area contributed by atoms with Crippen molar-refractivity contribution in [1.29, 1.82) is 0 Å². The number of hydrogen-bond donors (Lipinski definition) is 2. The fourth-order valence-electron chi connectivity index (χ4n) is 3.97. The van der Waals surface area contributed by atoms with E-state index in [1.165, 1.54) is 4.90 Å². The molecule has 1 fully saturated rings. The molecule has 1 saturated heterocycles. The maximum Gasteiger partial charge on any atom is 0.326 e. The third-order valence-electron chi connectivity index (χ3n) is 5.67. The topological polar surface area (TPSA) is 95.9 Å². The summed E-state index contributed by atoms with van der Waals surface area (Å²) in [7, 11) is 0. The second-order valence-electron chi connectivity index (χ2n) is 7.87. The average molecular weight is 444 g/mol. The van der Waals surface area contributed by atoms with Gasteiger partial charge in [0, 0.05) is 18.0 Å². The van der Waals surface area contributed by atoms with Gasteiger partial charge < -0.3 is 20.1 Å². The van der Waals surface area contributed by atoms with E-state index >= 15 is 0 Å². The number of carboxylic acid groups (broad SMARTS) is 1. The van der Waals surface area contributed by atoms with Gasteiger partial charge >= 0.3 is 5.97 Å². The summed E-state index contributed by atoms with van der Waals surface area (Å²) in [4.78, 5) is 38.3. The van der Waals surface area contributed by atoms with Gasteiger partial charge in [-0.05, 0) is 48.4 Å². The van der Waals surface area contributed by atoms with Crippen molar-refractivity contribution < 1.29 is 24.2 Å². The van der Waals surface area contributed by atoms with Crippen molar-refractivity contribution in [2.45, 2.75) is 18.4 Å². The number of nitrogens with zero attached hydrogens (tertiary/aromatic N) is 1. The van der Waals surface area contributed by atoms with Crippen molar-refractivity contribution in [3.63, 3.8) is 0 Å². The van der Waals surface area contributed by atoms with Crippen LogP contribution in [0.15, 0.2) is 84.9 Å². The lowest BCUT2D eigenvalue weighted by Crippen LogP contribution is -2.45. The van der Waals surface area contributed by atoms with Crippen LogP contribution in [0.5, 0.6) is 11.5 Å². The summed E-state index contributed by atoms with van der Waals surface area (Å²) in [6, 6.07) is 24.5. The fraction of sp³-hybridized carbons (Fsp3) is 0.192. The Labute approximate surface area is 191 Å². The van der Waals surface area contributed by atoms with Crippen LogP contribution >= 0.6 is 0 Å². The maximum atomic E-state index is 12.8. The first kappa shape index (κ1) is 22.1. The molecular formula is C26H24N2O5. The SMILES string of the molecule is O=C(NCC(=O)N1C[C@H](c2ccccc2)C[C@H]1C(=O)O)c1ccc(Oc2ccccc2)cc1. The number of para-hydroxylation sites is 1. The molecule has 2 N–H and O–H groups in total. The predicted molar refractivity (Wildman–Crippen MR) is 122 cm³/mol. The minimum Gasteiger partial charge on any atom is -0.480 e. The van der Waals surface area contributed by atoms with Crippen LogP contribution in [-0.2, 0) is 9.59 Å². The summed E-state index contributed by atoms with van der Waals surface area (Å²) in [6.07, 6.45) is 0.349. The molecule has 0 spiro atoms. The number of ether oxygens (including phenoxy) is 1. The van der Waals surface area contributed by atoms with Gasteiger partial charge in [-0.25, -0.2) is 4.79 Å². The van der Waals surface area contributed by atoms with Crippen molar-refractivity contribution in [3.8, 4) is 11.5 Å². The highest BCUT2D eigenvalue weighted by atomic mass is 16.5. The average Bonchev–Trinajstić information content (AvgIpc) is 3.30. The lowest BCUT2D eigenvalue weighted by atomic mass is 9.96. The molecule has 7 nitrogen and oxygen atoms in total. The quantitative estimate of drug-likeness (QED) is 0.580. The van der Waals surface area contributed by atoms with Crippen LogP contribution in [0.3, 0.4) is 0 Å². The van der Waals surface area contributed by atoms with Gasteiger partial charge in [0.2, 0.25) is 5.91 Å². The van der Waals surface area contributed by atoms with Crippen LogP contribution in [-0.4, -0.2) is 46.9 Å². The molecule has 2 atom stereocenters. The van der Waals surface area contributed by atoms with Gasteiger partial charge in [0.1, 0.15) is 17.5 Å². The summed E-state index contributed by atoms with van der Waals surface area (Å²) >= 11 is 0. The number of amides is 2. The van der Waals surface area contributed by atoms with Crippen molar-refractivity contribution in [2.24, 2.45) is 0 Å². The third kappa shape index (κ3) is 5.38. The van der Waals surface area contributed by atoms with Crippen LogP contribution in [0, 0.1) is 0 Å². The fourth-order valence-corrected chi connectivity index (χ4v) is 3.97. The summed E-state index contributed by atoms with van der Waals surface area (Å²) in [5.74, 6) is -0.653. The molecule has 3 aromatic rings. The lowest BCUT2D eigenvalue weighted by molar-refractivity contribution is -0.147. The second-order valence-corrected chi connectivity index (χ2v) is 7.87. The van der Waals surface area contributed by atoms with E-state index in [2.05, 4.69) is 5.32 Å². The number of rotatable bonds is 7. The van der Waals surface area contributed by atoms with Crippen LogP contribution < -0.4 is 10.1 Å². The van der Waals surface area contributed by atoms with Gasteiger partial charge in [0.15, 0.2) is 0 Å². The summed E-state index contributed by atoms with van der Waals surface area (Å²) in [5, 5.41) is 12.2. The molecule has 0 aliphatic carbocycles. The van der Waals surface area contributed by atoms with Gasteiger partial charge in [-0.3, -0.25) is 9.59 Å². The normalized spacial score (nSPS) is 17.4. The van der Waals surface area contributed by atoms with Crippen LogP contribution in [0.4, 0.5) is 0 Å². The van der Waals surface area contributed by atoms with E-state index in [4.69, 9.17) is 4.74 Å². The van der Waals surface area contributed by atoms with E-state index in [1.807, 2.05) is 60.7 Å². The molecule has 168 valence electrons. The molecule has 1 aliphatic heterocycles. The van der Waals surface area contributed by atoms with Crippen LogP contribution in [0.1, 0.15) is 28.3 Å². The van der Waals surface area contributed by atoms with Crippen molar-refractivity contribution in [1.82, 2.24) is 10.2 Å². The second kappa shape index (κ2) is 9.99. The van der Waals surface area contributed by atoms with Gasteiger partial charge in [-0.2, -0.15) is 0 Å². The Morgan fingerprint density at radius 1 is 0.879 bits per heavy atom. The Bertz CT molecular complexity index is 1120. The third-order valence-corrected chi connectivity index (χ3v) is 5.67. The minimum atomic E-state index is -1.04. The summed E-state index contributed by atoms with van der Waals surface area (Å²) in [6.45, 7) is 0.0353. The first-order valence-electron chi connectivity index (χ1n) is 10.7. The molecule has 2 amide bonds. The van der Waals surface area contributed by atoms with Gasteiger partial charge in [-0.15, -0.1) is 0 Å². The molecule has 1 heterocycles. The molecular weight excluding hydrogens is 420 g/mol. The van der Waals surface area contributed by atoms with E-state index in [0.29, 0.717) is 30.0 Å². The highest BCUT2D eigenvalue weighted by Gasteiger charge is 2.40. The molecule has 0 radical (unpaired) electrons. The zero-order chi connectivity index (χ0) is 23.2. The number of benzene rings is 3. The number of likely N-dealkylation sites (tertiary alicyclic amines) is 1. The molecule has 0 aromatic heterocycles. The van der Waals surface area contributed by atoms with Crippen LogP contribution in [0.25, 0.3) is 0 Å². The summed E-state index contributed by atoms with van der Waals surface area (Å²) < 4.78 is 5.71. The zero-order valence-electron chi connectivity index (χ0n) is 17.9. The van der Waals surface area contributed by atoms with Gasteiger partial charge in [0.25, 0.3) is 5.91 Å². The Morgan fingerprint density at radius 2 is 1.48 bits per heavy atom. The molecule has 3 aromatic carbocycles. The van der Waals surface area contributed by atoms with E-state index in [9.17, 15) is 19.5 Å². The first-order chi connectivity index (χ1) is 16.0. The predicted octanol–water partition coefficient (Wildman–Crippen LogP) is 3.68. The lowest BCUT2D eigenvalue weighted by Gasteiger charge is -2.21. The Morgan fingerprint density at radius 3 is 2.12 bits per heavy atom. The van der Waals surface area contributed by atoms with E-state index in [1.54, 1.807) is 24.3 Å². The van der Waals surface area contributed by atoms with Crippen LogP contribution in [0.2, 0.25) is 0 Å². The van der Waals surface area contributed by atoms with E-state index in [0.717, 1.165) is 5.56 Å². The van der Waals surface area contributed by atoms with Gasteiger partial charge in [0.05, 0.1) is 6.54 Å². The highest BCUT2D eigenvalue weighted by Crippen LogP contribution is 2.32. The number of aliphatic carboxylic acids is 1. The minimum absolute atomic E-state index is 0.0517. The number of carboxylic acids is 1. The van der Waals surface area contributed by atoms with Crippen molar-refractivity contribution in [2.75, 3.05) is 13.1 Å². The number of nitrogens with one attached hydrogen (secondary N) is 1. The highest BCUT2D eigenvalue weighted by molar-refractivity contribution is 5.97. The maximum absolute atomic E-state index is 12.8. The molecule has 33 heavy (non-hydrogen) atoms. The number of carbonyl (C=O) groups excluding carboxylic acids is 2. The van der Waals surface area contributed by atoms with Gasteiger partial charge in [-0.1, -0.05) is 48.5 Å².